The van der Waals surface area contributed by atoms with Crippen LogP contribution in [0.3, 0.4) is 0 Å². The Morgan fingerprint density at radius 1 is 1.00 bits per heavy atom. The first-order valence-electron chi connectivity index (χ1n) is 6.21. The van der Waals surface area contributed by atoms with Crippen molar-refractivity contribution in [1.29, 1.82) is 0 Å². The summed E-state index contributed by atoms with van der Waals surface area (Å²) in [5.74, 6) is -0.508. The molecule has 2 N–H and O–H groups in total. The minimum Gasteiger partial charge on any atom is -0.497 e. The topological polar surface area (TPSA) is 67.4 Å². The van der Waals surface area contributed by atoms with Crippen LogP contribution in [0.4, 0.5) is 0 Å². The molecule has 22 heavy (non-hydrogen) atoms. The van der Waals surface area contributed by atoms with Gasteiger partial charge in [-0.05, 0) is 36.4 Å². The van der Waals surface area contributed by atoms with Gasteiger partial charge in [-0.2, -0.15) is 0 Å². The first kappa shape index (κ1) is 16.1. The van der Waals surface area contributed by atoms with Crippen LogP contribution in [-0.4, -0.2) is 18.9 Å². The summed E-state index contributed by atoms with van der Waals surface area (Å²) in [4.78, 5) is 23.9. The van der Waals surface area contributed by atoms with E-state index in [1.165, 1.54) is 19.2 Å². The molecule has 0 aromatic heterocycles. The summed E-state index contributed by atoms with van der Waals surface area (Å²) >= 11 is 11.7. The van der Waals surface area contributed by atoms with Crippen molar-refractivity contribution in [2.75, 3.05) is 7.11 Å². The zero-order valence-corrected chi connectivity index (χ0v) is 13.0. The number of ether oxygens (including phenoxy) is 1. The normalized spacial score (nSPS) is 9.95. The highest BCUT2D eigenvalue weighted by Crippen LogP contribution is 2.20. The molecule has 7 heteroatoms. The van der Waals surface area contributed by atoms with Gasteiger partial charge in [-0.15, -0.1) is 0 Å². The van der Waals surface area contributed by atoms with Crippen molar-refractivity contribution in [3.8, 4) is 5.75 Å². The van der Waals surface area contributed by atoms with Gasteiger partial charge in [0.15, 0.2) is 0 Å². The van der Waals surface area contributed by atoms with E-state index in [4.69, 9.17) is 27.9 Å². The van der Waals surface area contributed by atoms with Crippen molar-refractivity contribution in [2.24, 2.45) is 0 Å². The van der Waals surface area contributed by atoms with Crippen LogP contribution in [0.25, 0.3) is 0 Å². The Labute approximate surface area is 137 Å². The number of halogens is 2. The monoisotopic (exact) mass is 338 g/mol. The lowest BCUT2D eigenvalue weighted by atomic mass is 10.2. The second-order valence-corrected chi connectivity index (χ2v) is 5.11. The van der Waals surface area contributed by atoms with Gasteiger partial charge in [0.05, 0.1) is 17.7 Å². The van der Waals surface area contributed by atoms with Gasteiger partial charge < -0.3 is 4.74 Å². The predicted octanol–water partition coefficient (Wildman–Crippen LogP) is 3.08. The summed E-state index contributed by atoms with van der Waals surface area (Å²) in [7, 11) is 1.50. The first-order chi connectivity index (χ1) is 10.5. The Morgan fingerprint density at radius 2 is 1.73 bits per heavy atom. The lowest BCUT2D eigenvalue weighted by molar-refractivity contribution is 0.0846. The van der Waals surface area contributed by atoms with E-state index < -0.39 is 11.8 Å². The minimum absolute atomic E-state index is 0.167. The molecule has 0 fully saturated rings. The average molecular weight is 339 g/mol. The quantitative estimate of drug-likeness (QED) is 0.845. The molecule has 0 aliphatic rings. The second kappa shape index (κ2) is 7.15. The van der Waals surface area contributed by atoms with Gasteiger partial charge in [0.1, 0.15) is 5.75 Å². The highest BCUT2D eigenvalue weighted by molar-refractivity contribution is 6.35. The molecule has 0 saturated heterocycles. The van der Waals surface area contributed by atoms with Crippen molar-refractivity contribution < 1.29 is 14.3 Å². The number of hydrazine groups is 1. The molecule has 5 nitrogen and oxygen atoms in total. The van der Waals surface area contributed by atoms with Gasteiger partial charge in [-0.1, -0.05) is 29.3 Å². The molecule has 0 spiro atoms. The van der Waals surface area contributed by atoms with E-state index in [0.717, 1.165) is 0 Å². The van der Waals surface area contributed by atoms with E-state index in [2.05, 4.69) is 10.9 Å². The van der Waals surface area contributed by atoms with Gasteiger partial charge in [0.25, 0.3) is 11.8 Å². The number of methoxy groups -OCH3 is 1. The van der Waals surface area contributed by atoms with Crippen molar-refractivity contribution in [2.45, 2.75) is 0 Å². The number of carbonyl (C=O) groups excluding carboxylic acids is 2. The van der Waals surface area contributed by atoms with Crippen LogP contribution in [0.15, 0.2) is 42.5 Å². The molecule has 0 aliphatic carbocycles. The zero-order valence-electron chi connectivity index (χ0n) is 11.5. The second-order valence-electron chi connectivity index (χ2n) is 4.26. The van der Waals surface area contributed by atoms with Crippen LogP contribution in [-0.2, 0) is 0 Å². The fraction of sp³-hybridized carbons (Fsp3) is 0.0667. The van der Waals surface area contributed by atoms with E-state index in [0.29, 0.717) is 16.3 Å². The molecular formula is C15H12Cl2N2O3. The molecule has 0 unspecified atom stereocenters. The summed E-state index contributed by atoms with van der Waals surface area (Å²) in [6.07, 6.45) is 0. The maximum atomic E-state index is 12.0. The zero-order chi connectivity index (χ0) is 16.1. The first-order valence-corrected chi connectivity index (χ1v) is 6.96. The third-order valence-electron chi connectivity index (χ3n) is 2.79. The maximum absolute atomic E-state index is 12.0. The van der Waals surface area contributed by atoms with Crippen molar-refractivity contribution in [3.05, 3.63) is 63.6 Å². The Balaban J connectivity index is 2.04. The number of hydrogen-bond donors (Lipinski definition) is 2. The van der Waals surface area contributed by atoms with Gasteiger partial charge in [0, 0.05) is 10.6 Å². The van der Waals surface area contributed by atoms with Gasteiger partial charge >= 0.3 is 0 Å². The van der Waals surface area contributed by atoms with Gasteiger partial charge in [0.2, 0.25) is 0 Å². The standard InChI is InChI=1S/C15H12Cl2N2O3/c1-22-11-4-2-3-9(7-11)14(20)18-19-15(21)12-8-10(16)5-6-13(12)17/h2-8H,1H3,(H,18,20)(H,19,21). The molecule has 0 atom stereocenters. The van der Waals surface area contributed by atoms with E-state index >= 15 is 0 Å². The van der Waals surface area contributed by atoms with Crippen LogP contribution in [0, 0.1) is 0 Å². The predicted molar refractivity (Wildman–Crippen MR) is 84.4 cm³/mol. The molecular weight excluding hydrogens is 327 g/mol. The molecule has 2 rings (SSSR count). The lowest BCUT2D eigenvalue weighted by Gasteiger charge is -2.09. The SMILES string of the molecule is COc1cccc(C(=O)NNC(=O)c2cc(Cl)ccc2Cl)c1. The fourth-order valence-corrected chi connectivity index (χ4v) is 2.06. The summed E-state index contributed by atoms with van der Waals surface area (Å²) in [5.41, 5.74) is 5.09. The largest absolute Gasteiger partial charge is 0.497 e. The third kappa shape index (κ3) is 3.90. The molecule has 0 heterocycles. The van der Waals surface area contributed by atoms with E-state index in [-0.39, 0.29) is 10.6 Å². The number of amides is 2. The summed E-state index contributed by atoms with van der Waals surface area (Å²) < 4.78 is 5.03. The van der Waals surface area contributed by atoms with Crippen LogP contribution in [0.5, 0.6) is 5.75 Å². The van der Waals surface area contributed by atoms with Crippen molar-refractivity contribution >= 4 is 35.0 Å². The summed E-state index contributed by atoms with van der Waals surface area (Å²) in [6, 6.07) is 11.0. The number of nitrogens with one attached hydrogen (secondary N) is 2. The maximum Gasteiger partial charge on any atom is 0.271 e. The summed E-state index contributed by atoms with van der Waals surface area (Å²) in [5, 5.41) is 0.603. The molecule has 0 aliphatic heterocycles. The molecule has 2 aromatic rings. The van der Waals surface area contributed by atoms with Crippen LogP contribution in [0.1, 0.15) is 20.7 Å². The Hall–Kier alpha value is -2.24. The molecule has 0 saturated carbocycles. The molecule has 2 amide bonds. The van der Waals surface area contributed by atoms with Gasteiger partial charge in [-0.25, -0.2) is 0 Å². The number of carbonyl (C=O) groups is 2. The lowest BCUT2D eigenvalue weighted by Crippen LogP contribution is -2.41. The van der Waals surface area contributed by atoms with Crippen LogP contribution < -0.4 is 15.6 Å². The Kier molecular flexibility index (Phi) is 5.25. The van der Waals surface area contributed by atoms with Crippen LogP contribution in [0.2, 0.25) is 10.0 Å². The Morgan fingerprint density at radius 3 is 2.45 bits per heavy atom. The van der Waals surface area contributed by atoms with Gasteiger partial charge in [-0.3, -0.25) is 20.4 Å². The van der Waals surface area contributed by atoms with Crippen molar-refractivity contribution in [3.63, 3.8) is 0 Å². The van der Waals surface area contributed by atoms with Crippen molar-refractivity contribution in [1.82, 2.24) is 10.9 Å². The molecule has 0 radical (unpaired) electrons. The van der Waals surface area contributed by atoms with E-state index in [1.807, 2.05) is 0 Å². The fourth-order valence-electron chi connectivity index (χ4n) is 1.69. The Bertz CT molecular complexity index is 720. The van der Waals surface area contributed by atoms with E-state index in [1.54, 1.807) is 30.3 Å². The smallest absolute Gasteiger partial charge is 0.271 e. The molecule has 0 bridgehead atoms. The highest BCUT2D eigenvalue weighted by Gasteiger charge is 2.13. The highest BCUT2D eigenvalue weighted by atomic mass is 35.5. The average Bonchev–Trinajstić information content (AvgIpc) is 2.54. The number of hydrogen-bond acceptors (Lipinski definition) is 3. The molecule has 2 aromatic carbocycles. The number of benzene rings is 2. The van der Waals surface area contributed by atoms with Crippen LogP contribution >= 0.6 is 23.2 Å². The number of rotatable bonds is 3. The van der Waals surface area contributed by atoms with E-state index in [9.17, 15) is 9.59 Å². The minimum atomic E-state index is -0.566. The third-order valence-corrected chi connectivity index (χ3v) is 3.36. The summed E-state index contributed by atoms with van der Waals surface area (Å²) in [6.45, 7) is 0. The molecule has 114 valence electrons.